The van der Waals surface area contributed by atoms with Crippen LogP contribution in [0.3, 0.4) is 0 Å². The smallest absolute Gasteiger partial charge is 0.203 e. The highest BCUT2D eigenvalue weighted by atomic mass is 16.5. The second kappa shape index (κ2) is 7.36. The number of nitrogens with one attached hydrogen (secondary N) is 1. The van der Waals surface area contributed by atoms with Gasteiger partial charge in [0.15, 0.2) is 11.5 Å². The van der Waals surface area contributed by atoms with E-state index >= 15 is 0 Å². The fraction of sp³-hybridized carbons (Fsp3) is 0.600. The summed E-state index contributed by atoms with van der Waals surface area (Å²) in [6, 6.07) is 3.92. The molecule has 5 heteroatoms. The van der Waals surface area contributed by atoms with Gasteiger partial charge in [-0.15, -0.1) is 0 Å². The van der Waals surface area contributed by atoms with Crippen LogP contribution in [-0.4, -0.2) is 58.5 Å². The van der Waals surface area contributed by atoms with Crippen LogP contribution in [0.4, 0.5) is 0 Å². The van der Waals surface area contributed by atoms with Gasteiger partial charge in [0.1, 0.15) is 6.61 Å². The Hall–Kier alpha value is -1.46. The molecule has 0 saturated carbocycles. The third kappa shape index (κ3) is 3.77. The van der Waals surface area contributed by atoms with E-state index in [2.05, 4.69) is 10.2 Å². The molecule has 0 aromatic heterocycles. The monoisotopic (exact) mass is 280 g/mol. The van der Waals surface area contributed by atoms with Gasteiger partial charge >= 0.3 is 0 Å². The molecule has 1 N–H and O–H groups in total. The van der Waals surface area contributed by atoms with Gasteiger partial charge in [-0.2, -0.15) is 0 Å². The predicted octanol–water partition coefficient (Wildman–Crippen LogP) is 1.30. The van der Waals surface area contributed by atoms with Crippen LogP contribution in [0.25, 0.3) is 0 Å². The number of nitrogens with zero attached hydrogens (tertiary/aromatic N) is 1. The molecule has 20 heavy (non-hydrogen) atoms. The van der Waals surface area contributed by atoms with Gasteiger partial charge in [0.05, 0.1) is 14.2 Å². The molecule has 2 rings (SSSR count). The van der Waals surface area contributed by atoms with Crippen molar-refractivity contribution in [1.82, 2.24) is 10.2 Å². The largest absolute Gasteiger partial charge is 0.493 e. The molecule has 112 valence electrons. The van der Waals surface area contributed by atoms with Crippen molar-refractivity contribution in [2.45, 2.75) is 6.92 Å². The van der Waals surface area contributed by atoms with Crippen molar-refractivity contribution in [3.05, 3.63) is 17.7 Å². The van der Waals surface area contributed by atoms with E-state index in [0.29, 0.717) is 12.4 Å². The lowest BCUT2D eigenvalue weighted by Gasteiger charge is -2.27. The third-order valence-electron chi connectivity index (χ3n) is 3.47. The van der Waals surface area contributed by atoms with E-state index in [1.165, 1.54) is 0 Å². The quantitative estimate of drug-likeness (QED) is 0.851. The molecule has 0 unspecified atom stereocenters. The first-order valence-electron chi connectivity index (χ1n) is 7.03. The first-order valence-corrected chi connectivity index (χ1v) is 7.03. The number of rotatable bonds is 6. The van der Waals surface area contributed by atoms with Crippen LogP contribution in [0.15, 0.2) is 12.1 Å². The molecule has 1 heterocycles. The van der Waals surface area contributed by atoms with E-state index in [1.807, 2.05) is 19.1 Å². The number of ether oxygens (including phenoxy) is 3. The third-order valence-corrected chi connectivity index (χ3v) is 3.47. The lowest BCUT2D eigenvalue weighted by Crippen LogP contribution is -2.44. The van der Waals surface area contributed by atoms with E-state index in [-0.39, 0.29) is 0 Å². The van der Waals surface area contributed by atoms with E-state index in [0.717, 1.165) is 49.8 Å². The highest BCUT2D eigenvalue weighted by molar-refractivity contribution is 5.53. The summed E-state index contributed by atoms with van der Waals surface area (Å²) in [5, 5.41) is 3.34. The van der Waals surface area contributed by atoms with Crippen molar-refractivity contribution in [1.29, 1.82) is 0 Å². The topological polar surface area (TPSA) is 43.0 Å². The number of benzene rings is 1. The Morgan fingerprint density at radius 1 is 1.10 bits per heavy atom. The molecular formula is C15H24N2O3. The number of hydrogen-bond donors (Lipinski definition) is 1. The van der Waals surface area contributed by atoms with E-state index < -0.39 is 0 Å². The lowest BCUT2D eigenvalue weighted by molar-refractivity contribution is 0.184. The molecule has 1 aromatic carbocycles. The second-order valence-corrected chi connectivity index (χ2v) is 4.94. The van der Waals surface area contributed by atoms with Crippen LogP contribution in [0.1, 0.15) is 5.56 Å². The van der Waals surface area contributed by atoms with Crippen LogP contribution in [0.5, 0.6) is 17.2 Å². The molecular weight excluding hydrogens is 256 g/mol. The van der Waals surface area contributed by atoms with Gasteiger partial charge in [-0.1, -0.05) is 0 Å². The number of methoxy groups -OCH3 is 2. The maximum atomic E-state index is 5.90. The molecule has 1 fully saturated rings. The minimum absolute atomic E-state index is 0.635. The van der Waals surface area contributed by atoms with Crippen LogP contribution in [0, 0.1) is 6.92 Å². The van der Waals surface area contributed by atoms with Gasteiger partial charge in [-0.05, 0) is 24.6 Å². The zero-order valence-electron chi connectivity index (χ0n) is 12.6. The summed E-state index contributed by atoms with van der Waals surface area (Å²) in [6.07, 6.45) is 0. The fourth-order valence-corrected chi connectivity index (χ4v) is 2.36. The Bertz CT molecular complexity index is 406. The summed E-state index contributed by atoms with van der Waals surface area (Å²) in [4.78, 5) is 2.39. The Balaban J connectivity index is 1.97. The number of hydrogen-bond acceptors (Lipinski definition) is 5. The minimum Gasteiger partial charge on any atom is -0.493 e. The zero-order valence-corrected chi connectivity index (χ0v) is 12.6. The molecule has 1 aliphatic heterocycles. The van der Waals surface area contributed by atoms with Crippen molar-refractivity contribution in [3.63, 3.8) is 0 Å². The van der Waals surface area contributed by atoms with Crippen LogP contribution in [-0.2, 0) is 0 Å². The summed E-state index contributed by atoms with van der Waals surface area (Å²) in [5.41, 5.74) is 1.09. The van der Waals surface area contributed by atoms with E-state index in [9.17, 15) is 0 Å². The Labute approximate surface area is 120 Å². The molecule has 5 nitrogen and oxygen atoms in total. The molecule has 0 spiro atoms. The van der Waals surface area contributed by atoms with Gasteiger partial charge < -0.3 is 19.5 Å². The van der Waals surface area contributed by atoms with Gasteiger partial charge in [-0.25, -0.2) is 0 Å². The molecule has 0 bridgehead atoms. The Morgan fingerprint density at radius 2 is 1.70 bits per heavy atom. The minimum atomic E-state index is 0.635. The molecule has 1 saturated heterocycles. The second-order valence-electron chi connectivity index (χ2n) is 4.94. The molecule has 0 atom stereocenters. The van der Waals surface area contributed by atoms with Gasteiger partial charge in [0.2, 0.25) is 5.75 Å². The zero-order chi connectivity index (χ0) is 14.4. The summed E-state index contributed by atoms with van der Waals surface area (Å²) < 4.78 is 16.7. The number of piperazine rings is 1. The normalized spacial score (nSPS) is 15.9. The van der Waals surface area contributed by atoms with Crippen molar-refractivity contribution >= 4 is 0 Å². The number of aryl methyl sites for hydroxylation is 1. The molecule has 0 amide bonds. The summed E-state index contributed by atoms with van der Waals surface area (Å²) in [7, 11) is 3.30. The first kappa shape index (κ1) is 14.9. The van der Waals surface area contributed by atoms with Crippen LogP contribution >= 0.6 is 0 Å². The Kier molecular flexibility index (Phi) is 5.49. The maximum absolute atomic E-state index is 5.90. The van der Waals surface area contributed by atoms with E-state index in [4.69, 9.17) is 14.2 Å². The van der Waals surface area contributed by atoms with Crippen molar-refractivity contribution in [3.8, 4) is 17.2 Å². The van der Waals surface area contributed by atoms with Crippen molar-refractivity contribution in [2.75, 3.05) is 53.6 Å². The molecule has 0 radical (unpaired) electrons. The van der Waals surface area contributed by atoms with Crippen LogP contribution < -0.4 is 19.5 Å². The van der Waals surface area contributed by atoms with Crippen molar-refractivity contribution in [2.24, 2.45) is 0 Å². The summed E-state index contributed by atoms with van der Waals surface area (Å²) in [6.45, 7) is 7.82. The standard InChI is InChI=1S/C15H24N2O3/c1-12-10-13(18-2)15(14(11-12)19-3)20-9-8-17-6-4-16-5-7-17/h10-11,16H,4-9H2,1-3H3. The van der Waals surface area contributed by atoms with Gasteiger partial charge in [0, 0.05) is 32.7 Å². The van der Waals surface area contributed by atoms with Gasteiger partial charge in [0.25, 0.3) is 0 Å². The average molecular weight is 280 g/mol. The van der Waals surface area contributed by atoms with Crippen molar-refractivity contribution < 1.29 is 14.2 Å². The first-order chi connectivity index (χ1) is 9.74. The van der Waals surface area contributed by atoms with E-state index in [1.54, 1.807) is 14.2 Å². The summed E-state index contributed by atoms with van der Waals surface area (Å²) >= 11 is 0. The molecule has 0 aliphatic carbocycles. The maximum Gasteiger partial charge on any atom is 0.203 e. The predicted molar refractivity (Wildman–Crippen MR) is 79.1 cm³/mol. The van der Waals surface area contributed by atoms with Crippen LogP contribution in [0.2, 0.25) is 0 Å². The lowest BCUT2D eigenvalue weighted by atomic mass is 10.2. The average Bonchev–Trinajstić information content (AvgIpc) is 2.49. The SMILES string of the molecule is COc1cc(C)cc(OC)c1OCCN1CCNCC1. The fourth-order valence-electron chi connectivity index (χ4n) is 2.36. The molecule has 1 aromatic rings. The highest BCUT2D eigenvalue weighted by Crippen LogP contribution is 2.38. The van der Waals surface area contributed by atoms with Gasteiger partial charge in [-0.3, -0.25) is 4.90 Å². The Morgan fingerprint density at radius 3 is 2.25 bits per heavy atom. The summed E-state index contributed by atoms with van der Waals surface area (Å²) in [5.74, 6) is 2.14. The highest BCUT2D eigenvalue weighted by Gasteiger charge is 2.14. The molecule has 1 aliphatic rings.